The highest BCUT2D eigenvalue weighted by molar-refractivity contribution is 8.22. The molecule has 2 N–H and O–H groups in total. The third-order valence-electron chi connectivity index (χ3n) is 3.13. The summed E-state index contributed by atoms with van der Waals surface area (Å²) in [6.07, 6.45) is 0.497. The van der Waals surface area contributed by atoms with Gasteiger partial charge in [0.1, 0.15) is 4.32 Å². The van der Waals surface area contributed by atoms with Gasteiger partial charge in [-0.25, -0.2) is 0 Å². The zero-order valence-corrected chi connectivity index (χ0v) is 14.9. The van der Waals surface area contributed by atoms with Crippen LogP contribution in [-0.4, -0.2) is 47.1 Å². The molecule has 0 aliphatic carbocycles. The van der Waals surface area contributed by atoms with Gasteiger partial charge in [0.05, 0.1) is 0 Å². The number of thiocarbonyl (C=S) groups is 1. The second kappa shape index (κ2) is 11.3. The summed E-state index contributed by atoms with van der Waals surface area (Å²) in [5, 5.41) is 6.17. The Hall–Kier alpha value is -1.27. The highest BCUT2D eigenvalue weighted by atomic mass is 32.2. The minimum Gasteiger partial charge on any atom is -0.383 e. The number of anilines is 1. The van der Waals surface area contributed by atoms with Crippen molar-refractivity contribution in [1.29, 1.82) is 0 Å². The van der Waals surface area contributed by atoms with Crippen LogP contribution in [0.5, 0.6) is 0 Å². The van der Waals surface area contributed by atoms with Gasteiger partial charge in [-0.15, -0.1) is 0 Å². The summed E-state index contributed by atoms with van der Waals surface area (Å²) in [6.45, 7) is 7.35. The number of carbonyl (C=O) groups excluding carboxylic acids is 1. The number of nitrogens with zero attached hydrogens (tertiary/aromatic N) is 1. The van der Waals surface area contributed by atoms with Crippen molar-refractivity contribution in [3.8, 4) is 0 Å². The van der Waals surface area contributed by atoms with Crippen LogP contribution in [0.4, 0.5) is 5.69 Å². The summed E-state index contributed by atoms with van der Waals surface area (Å²) in [7, 11) is 0. The maximum atomic E-state index is 11.7. The molecule has 6 heteroatoms. The maximum absolute atomic E-state index is 11.7. The van der Waals surface area contributed by atoms with Crippen LogP contribution in [0.15, 0.2) is 30.3 Å². The number of hydrogen-bond donors (Lipinski definition) is 2. The van der Waals surface area contributed by atoms with Crippen molar-refractivity contribution in [2.45, 2.75) is 20.3 Å². The zero-order valence-electron chi connectivity index (χ0n) is 13.3. The quantitative estimate of drug-likeness (QED) is 0.535. The molecule has 0 spiro atoms. The predicted octanol–water partition coefficient (Wildman–Crippen LogP) is 2.96. The van der Waals surface area contributed by atoms with Crippen LogP contribution in [-0.2, 0) is 4.79 Å². The van der Waals surface area contributed by atoms with Gasteiger partial charge in [0.25, 0.3) is 0 Å². The minimum absolute atomic E-state index is 0.0738. The minimum atomic E-state index is 0.0738. The molecular formula is C16H25N3OS2. The average molecular weight is 340 g/mol. The fourth-order valence-electron chi connectivity index (χ4n) is 1.86. The highest BCUT2D eigenvalue weighted by Crippen LogP contribution is 2.10. The molecule has 0 heterocycles. The Balaban J connectivity index is 2.07. The van der Waals surface area contributed by atoms with Crippen molar-refractivity contribution in [1.82, 2.24) is 10.2 Å². The van der Waals surface area contributed by atoms with E-state index < -0.39 is 0 Å². The van der Waals surface area contributed by atoms with E-state index in [1.54, 1.807) is 11.8 Å². The lowest BCUT2D eigenvalue weighted by atomic mass is 10.3. The Morgan fingerprint density at radius 3 is 2.50 bits per heavy atom. The Morgan fingerprint density at radius 1 is 1.18 bits per heavy atom. The first-order chi connectivity index (χ1) is 10.7. The summed E-state index contributed by atoms with van der Waals surface area (Å²) in [4.78, 5) is 13.9. The number of thioether (sulfide) groups is 1. The number of benzene rings is 1. The third-order valence-corrected chi connectivity index (χ3v) is 4.65. The molecule has 122 valence electrons. The number of hydrogen-bond acceptors (Lipinski definition) is 4. The van der Waals surface area contributed by atoms with E-state index in [4.69, 9.17) is 12.2 Å². The molecule has 0 radical (unpaired) electrons. The lowest BCUT2D eigenvalue weighted by Gasteiger charge is -2.20. The van der Waals surface area contributed by atoms with Gasteiger partial charge in [0.15, 0.2) is 0 Å². The number of carbonyl (C=O) groups is 1. The first-order valence-corrected chi connectivity index (χ1v) is 9.04. The van der Waals surface area contributed by atoms with Gasteiger partial charge in [-0.05, 0) is 26.0 Å². The molecule has 22 heavy (non-hydrogen) atoms. The molecule has 1 aromatic carbocycles. The van der Waals surface area contributed by atoms with E-state index in [1.807, 2.05) is 30.3 Å². The molecule has 0 aliphatic heterocycles. The molecule has 1 amide bonds. The van der Waals surface area contributed by atoms with E-state index in [-0.39, 0.29) is 5.91 Å². The fourth-order valence-corrected chi connectivity index (χ4v) is 3.27. The largest absolute Gasteiger partial charge is 0.383 e. The summed E-state index contributed by atoms with van der Waals surface area (Å²) < 4.78 is 0.878. The van der Waals surface area contributed by atoms with E-state index in [1.165, 1.54) is 0 Å². The maximum Gasteiger partial charge on any atom is 0.220 e. The Bertz CT molecular complexity index is 450. The summed E-state index contributed by atoms with van der Waals surface area (Å²) in [6, 6.07) is 9.96. The molecule has 0 bridgehead atoms. The smallest absolute Gasteiger partial charge is 0.220 e. The number of amides is 1. The topological polar surface area (TPSA) is 44.4 Å². The van der Waals surface area contributed by atoms with Crippen molar-refractivity contribution < 1.29 is 4.79 Å². The number of para-hydroxylation sites is 1. The third kappa shape index (κ3) is 7.66. The van der Waals surface area contributed by atoms with E-state index >= 15 is 0 Å². The van der Waals surface area contributed by atoms with Gasteiger partial charge in [-0.2, -0.15) is 0 Å². The fraction of sp³-hybridized carbons (Fsp3) is 0.500. The van der Waals surface area contributed by atoms with Crippen molar-refractivity contribution in [2.24, 2.45) is 0 Å². The molecule has 0 aliphatic rings. The normalized spacial score (nSPS) is 10.1. The molecule has 0 aromatic heterocycles. The van der Waals surface area contributed by atoms with Crippen LogP contribution < -0.4 is 10.6 Å². The van der Waals surface area contributed by atoms with Crippen molar-refractivity contribution in [3.05, 3.63) is 30.3 Å². The number of nitrogens with one attached hydrogen (secondary N) is 2. The second-order valence-corrected chi connectivity index (χ2v) is 6.41. The van der Waals surface area contributed by atoms with Crippen molar-refractivity contribution in [2.75, 3.05) is 37.2 Å². The molecule has 0 atom stereocenters. The van der Waals surface area contributed by atoms with Crippen LogP contribution in [0.3, 0.4) is 0 Å². The van der Waals surface area contributed by atoms with Crippen LogP contribution in [0.1, 0.15) is 20.3 Å². The standard InChI is InChI=1S/C16H25N3OS2/c1-3-19(4-2)16(21)22-13-10-15(20)18-12-11-17-14-8-6-5-7-9-14/h5-9,17H,3-4,10-13H2,1-2H3,(H,18,20). The SMILES string of the molecule is CCN(CC)C(=S)SCCC(=O)NCCNc1ccccc1. The number of rotatable bonds is 9. The van der Waals surface area contributed by atoms with E-state index in [9.17, 15) is 4.79 Å². The van der Waals surface area contributed by atoms with Gasteiger partial charge in [-0.1, -0.05) is 42.2 Å². The molecule has 1 aromatic rings. The molecule has 1 rings (SSSR count). The van der Waals surface area contributed by atoms with Crippen LogP contribution in [0.25, 0.3) is 0 Å². The van der Waals surface area contributed by atoms with Crippen molar-refractivity contribution in [3.63, 3.8) is 0 Å². The lowest BCUT2D eigenvalue weighted by Crippen LogP contribution is -2.30. The van der Waals surface area contributed by atoms with Crippen molar-refractivity contribution >= 4 is 39.9 Å². The van der Waals surface area contributed by atoms with Gasteiger partial charge in [0.2, 0.25) is 5.91 Å². The lowest BCUT2D eigenvalue weighted by molar-refractivity contribution is -0.120. The predicted molar refractivity (Wildman–Crippen MR) is 101 cm³/mol. The second-order valence-electron chi connectivity index (χ2n) is 4.68. The molecule has 0 unspecified atom stereocenters. The van der Waals surface area contributed by atoms with E-state index in [0.29, 0.717) is 13.0 Å². The summed E-state index contributed by atoms with van der Waals surface area (Å²) in [5.74, 6) is 0.803. The Kier molecular flexibility index (Phi) is 9.66. The van der Waals surface area contributed by atoms with E-state index in [2.05, 4.69) is 29.4 Å². The van der Waals surface area contributed by atoms with Gasteiger partial charge >= 0.3 is 0 Å². The molecule has 0 fully saturated rings. The Labute approximate surface area is 143 Å². The van der Waals surface area contributed by atoms with Gasteiger partial charge < -0.3 is 15.5 Å². The zero-order chi connectivity index (χ0) is 16.2. The molecule has 4 nitrogen and oxygen atoms in total. The van der Waals surface area contributed by atoms with E-state index in [0.717, 1.165) is 35.4 Å². The first-order valence-electron chi connectivity index (χ1n) is 7.64. The summed E-state index contributed by atoms with van der Waals surface area (Å²) in [5.41, 5.74) is 1.07. The Morgan fingerprint density at radius 2 is 1.86 bits per heavy atom. The van der Waals surface area contributed by atoms with Gasteiger partial charge in [0, 0.05) is 44.0 Å². The monoisotopic (exact) mass is 339 g/mol. The molecule has 0 saturated heterocycles. The van der Waals surface area contributed by atoms with Gasteiger partial charge in [-0.3, -0.25) is 4.79 Å². The average Bonchev–Trinajstić information content (AvgIpc) is 2.54. The van der Waals surface area contributed by atoms with Crippen LogP contribution in [0.2, 0.25) is 0 Å². The molecular weight excluding hydrogens is 314 g/mol. The first kappa shape index (κ1) is 18.8. The molecule has 0 saturated carbocycles. The van der Waals surface area contributed by atoms with Crippen LogP contribution >= 0.6 is 24.0 Å². The summed E-state index contributed by atoms with van der Waals surface area (Å²) >= 11 is 6.91. The highest BCUT2D eigenvalue weighted by Gasteiger charge is 2.07. The van der Waals surface area contributed by atoms with Crippen LogP contribution in [0, 0.1) is 0 Å².